The Labute approximate surface area is 155 Å². The van der Waals surface area contributed by atoms with E-state index in [0.717, 1.165) is 22.6 Å². The lowest BCUT2D eigenvalue weighted by molar-refractivity contribution is 0.598. The van der Waals surface area contributed by atoms with Crippen LogP contribution in [0.3, 0.4) is 0 Å². The first-order chi connectivity index (χ1) is 12.4. The van der Waals surface area contributed by atoms with Crippen LogP contribution in [-0.4, -0.2) is 13.0 Å². The van der Waals surface area contributed by atoms with Gasteiger partial charge in [-0.3, -0.25) is 0 Å². The minimum Gasteiger partial charge on any atom is -0.317 e. The molecule has 26 heavy (non-hydrogen) atoms. The number of hydrogen-bond donors (Lipinski definition) is 1. The van der Waals surface area contributed by atoms with E-state index >= 15 is 0 Å². The van der Waals surface area contributed by atoms with E-state index < -0.39 is 10.0 Å². The van der Waals surface area contributed by atoms with Crippen molar-refractivity contribution in [1.29, 1.82) is 5.26 Å². The van der Waals surface area contributed by atoms with Gasteiger partial charge in [0.05, 0.1) is 27.9 Å². The zero-order chi connectivity index (χ0) is 18.7. The Morgan fingerprint density at radius 2 is 1.81 bits per heavy atom. The van der Waals surface area contributed by atoms with Crippen LogP contribution in [0, 0.1) is 11.3 Å². The Kier molecular flexibility index (Phi) is 5.04. The van der Waals surface area contributed by atoms with Gasteiger partial charge >= 0.3 is 0 Å². The van der Waals surface area contributed by atoms with Gasteiger partial charge in [-0.25, -0.2) is 18.5 Å². The smallest absolute Gasteiger partial charge is 0.238 e. The molecule has 1 heterocycles. The molecular weight excluding hydrogens is 368 g/mol. The fourth-order valence-corrected chi connectivity index (χ4v) is 4.00. The van der Waals surface area contributed by atoms with E-state index in [-0.39, 0.29) is 4.90 Å². The second-order valence-electron chi connectivity index (χ2n) is 5.49. The molecule has 0 bridgehead atoms. The van der Waals surface area contributed by atoms with Gasteiger partial charge in [-0.05, 0) is 48.9 Å². The summed E-state index contributed by atoms with van der Waals surface area (Å²) in [6.07, 6.45) is 0. The summed E-state index contributed by atoms with van der Waals surface area (Å²) in [5, 5.41) is 16.1. The molecule has 0 amide bonds. The zero-order valence-electron chi connectivity index (χ0n) is 14.0. The maximum Gasteiger partial charge on any atom is 0.238 e. The quantitative estimate of drug-likeness (QED) is 0.748. The Bertz CT molecular complexity index is 1130. The summed E-state index contributed by atoms with van der Waals surface area (Å²) in [6, 6.07) is 15.7. The molecule has 0 unspecified atom stereocenters. The molecule has 0 atom stereocenters. The summed E-state index contributed by atoms with van der Waals surface area (Å²) in [5.41, 5.74) is 3.29. The molecule has 0 fully saturated rings. The lowest BCUT2D eigenvalue weighted by Gasteiger charge is -2.06. The molecular formula is C18H16N4O2S2. The van der Waals surface area contributed by atoms with Crippen molar-refractivity contribution in [2.45, 2.75) is 18.4 Å². The fourth-order valence-electron chi connectivity index (χ4n) is 2.49. The predicted octanol–water partition coefficient (Wildman–Crippen LogP) is 2.99. The molecule has 2 aromatic carbocycles. The highest BCUT2D eigenvalue weighted by Crippen LogP contribution is 2.22. The Hall–Kier alpha value is -2.73. The molecule has 132 valence electrons. The summed E-state index contributed by atoms with van der Waals surface area (Å²) in [5.74, 6) is 0. The molecule has 0 radical (unpaired) electrons. The number of thiazole rings is 1. The van der Waals surface area contributed by atoms with Crippen molar-refractivity contribution in [3.05, 3.63) is 64.3 Å². The number of nitrogens with two attached hydrogens (primary N) is 1. The molecule has 0 aliphatic rings. The van der Waals surface area contributed by atoms with Crippen LogP contribution in [0.1, 0.15) is 12.5 Å². The molecule has 0 saturated carbocycles. The van der Waals surface area contributed by atoms with E-state index in [0.29, 0.717) is 11.3 Å². The summed E-state index contributed by atoms with van der Waals surface area (Å²) in [4.78, 5) is 5.47. The van der Waals surface area contributed by atoms with Gasteiger partial charge in [0.2, 0.25) is 10.0 Å². The topological polar surface area (TPSA) is 101 Å². The third kappa shape index (κ3) is 3.75. The van der Waals surface area contributed by atoms with E-state index in [4.69, 9.17) is 10.4 Å². The van der Waals surface area contributed by atoms with Crippen LogP contribution in [0.25, 0.3) is 11.3 Å². The number of nitrogens with zero attached hydrogens (tertiary/aromatic N) is 3. The van der Waals surface area contributed by atoms with Crippen LogP contribution < -0.4 is 9.94 Å². The standard InChI is InChI=1S/C18H16N4O2S2/c1-2-22-17(14-5-3-13(11-19)4-6-14)12-25-18(22)21-15-7-9-16(10-8-15)26(20,23)24/h3-10,12H,2H2,1H3,(H2,20,23,24). The Morgan fingerprint density at radius 1 is 1.15 bits per heavy atom. The molecule has 8 heteroatoms. The van der Waals surface area contributed by atoms with Crippen molar-refractivity contribution >= 4 is 27.0 Å². The SMILES string of the molecule is CCn1c(-c2ccc(C#N)cc2)csc1=Nc1ccc(S(N)(=O)=O)cc1. The largest absolute Gasteiger partial charge is 0.317 e. The van der Waals surface area contributed by atoms with Crippen LogP contribution in [0.15, 0.2) is 63.8 Å². The van der Waals surface area contributed by atoms with Crippen molar-refractivity contribution in [2.24, 2.45) is 10.1 Å². The molecule has 0 saturated heterocycles. The van der Waals surface area contributed by atoms with Crippen molar-refractivity contribution in [2.75, 3.05) is 0 Å². The van der Waals surface area contributed by atoms with Crippen LogP contribution >= 0.6 is 11.3 Å². The fraction of sp³-hybridized carbons (Fsp3) is 0.111. The first-order valence-corrected chi connectivity index (χ1v) is 10.2. The molecule has 1 aromatic heterocycles. The molecule has 3 rings (SSSR count). The van der Waals surface area contributed by atoms with E-state index in [1.807, 2.05) is 24.4 Å². The van der Waals surface area contributed by atoms with Crippen LogP contribution in [0.5, 0.6) is 0 Å². The van der Waals surface area contributed by atoms with Gasteiger partial charge in [0.1, 0.15) is 0 Å². The van der Waals surface area contributed by atoms with Crippen molar-refractivity contribution < 1.29 is 8.42 Å². The lowest BCUT2D eigenvalue weighted by atomic mass is 10.1. The number of aromatic nitrogens is 1. The van der Waals surface area contributed by atoms with Gasteiger partial charge in [0.15, 0.2) is 4.80 Å². The van der Waals surface area contributed by atoms with Gasteiger partial charge in [0.25, 0.3) is 0 Å². The molecule has 6 nitrogen and oxygen atoms in total. The molecule has 3 aromatic rings. The van der Waals surface area contributed by atoms with Crippen molar-refractivity contribution in [3.8, 4) is 17.3 Å². The van der Waals surface area contributed by atoms with Crippen molar-refractivity contribution in [3.63, 3.8) is 0 Å². The predicted molar refractivity (Wildman–Crippen MR) is 101 cm³/mol. The number of primary sulfonamides is 1. The Morgan fingerprint density at radius 3 is 2.35 bits per heavy atom. The second kappa shape index (κ2) is 7.25. The zero-order valence-corrected chi connectivity index (χ0v) is 15.6. The third-order valence-electron chi connectivity index (χ3n) is 3.81. The van der Waals surface area contributed by atoms with Gasteiger partial charge in [-0.15, -0.1) is 11.3 Å². The first kappa shape index (κ1) is 18.1. The van der Waals surface area contributed by atoms with Gasteiger partial charge in [0, 0.05) is 11.9 Å². The number of hydrogen-bond acceptors (Lipinski definition) is 5. The summed E-state index contributed by atoms with van der Waals surface area (Å²) in [7, 11) is -3.71. The van der Waals surface area contributed by atoms with Crippen LogP contribution in [0.2, 0.25) is 0 Å². The van der Waals surface area contributed by atoms with E-state index in [1.54, 1.807) is 24.3 Å². The van der Waals surface area contributed by atoms with E-state index in [9.17, 15) is 8.42 Å². The maximum absolute atomic E-state index is 11.3. The van der Waals surface area contributed by atoms with Gasteiger partial charge in [-0.2, -0.15) is 5.26 Å². The molecule has 0 aliphatic carbocycles. The minimum atomic E-state index is -3.71. The van der Waals surface area contributed by atoms with Crippen LogP contribution in [-0.2, 0) is 16.6 Å². The minimum absolute atomic E-state index is 0.0595. The van der Waals surface area contributed by atoms with Gasteiger partial charge < -0.3 is 4.57 Å². The lowest BCUT2D eigenvalue weighted by Crippen LogP contribution is -2.14. The van der Waals surface area contributed by atoms with Crippen molar-refractivity contribution in [1.82, 2.24) is 4.57 Å². The molecule has 0 spiro atoms. The first-order valence-electron chi connectivity index (χ1n) is 7.79. The maximum atomic E-state index is 11.3. The summed E-state index contributed by atoms with van der Waals surface area (Å²) in [6.45, 7) is 2.76. The highest BCUT2D eigenvalue weighted by molar-refractivity contribution is 7.89. The van der Waals surface area contributed by atoms with Crippen LogP contribution in [0.4, 0.5) is 5.69 Å². The number of benzene rings is 2. The Balaban J connectivity index is 2.02. The normalized spacial score (nSPS) is 12.1. The number of sulfonamides is 1. The monoisotopic (exact) mass is 384 g/mol. The van der Waals surface area contributed by atoms with E-state index in [2.05, 4.69) is 15.6 Å². The summed E-state index contributed by atoms with van der Waals surface area (Å²) >= 11 is 1.50. The molecule has 2 N–H and O–H groups in total. The highest BCUT2D eigenvalue weighted by Gasteiger charge is 2.08. The number of nitriles is 1. The summed E-state index contributed by atoms with van der Waals surface area (Å²) < 4.78 is 24.7. The third-order valence-corrected chi connectivity index (χ3v) is 5.61. The number of rotatable bonds is 4. The van der Waals surface area contributed by atoms with E-state index in [1.165, 1.54) is 23.5 Å². The second-order valence-corrected chi connectivity index (χ2v) is 7.89. The molecule has 0 aliphatic heterocycles. The van der Waals surface area contributed by atoms with Gasteiger partial charge in [-0.1, -0.05) is 12.1 Å². The average molecular weight is 384 g/mol. The average Bonchev–Trinajstić information content (AvgIpc) is 3.04. The highest BCUT2D eigenvalue weighted by atomic mass is 32.2.